The van der Waals surface area contributed by atoms with Crippen molar-refractivity contribution in [3.63, 3.8) is 0 Å². The summed E-state index contributed by atoms with van der Waals surface area (Å²) in [5.41, 5.74) is 4.96. The average molecular weight is 397 g/mol. The highest BCUT2D eigenvalue weighted by Gasteiger charge is 2.20. The van der Waals surface area contributed by atoms with Crippen LogP contribution in [0.3, 0.4) is 0 Å². The molecule has 3 heterocycles. The molecular weight excluding hydrogens is 368 g/mol. The zero-order chi connectivity index (χ0) is 19.5. The summed E-state index contributed by atoms with van der Waals surface area (Å²) in [4.78, 5) is 4.83. The predicted molar refractivity (Wildman–Crippen MR) is 117 cm³/mol. The van der Waals surface area contributed by atoms with E-state index in [2.05, 4.69) is 87.2 Å². The lowest BCUT2D eigenvalue weighted by Gasteiger charge is -2.33. The van der Waals surface area contributed by atoms with Gasteiger partial charge in [0.05, 0.1) is 6.54 Å². The molecule has 6 nitrogen and oxygen atoms in total. The van der Waals surface area contributed by atoms with Crippen molar-refractivity contribution in [2.75, 3.05) is 42.9 Å². The normalized spacial score (nSPS) is 15.2. The summed E-state index contributed by atoms with van der Waals surface area (Å²) in [6.45, 7) is 12.6. The second kappa shape index (κ2) is 8.32. The van der Waals surface area contributed by atoms with Gasteiger partial charge in [-0.25, -0.2) is 0 Å². The fourth-order valence-corrected chi connectivity index (χ4v) is 4.48. The van der Waals surface area contributed by atoms with Gasteiger partial charge in [-0.05, 0) is 49.7 Å². The topological polar surface area (TPSA) is 49.2 Å². The van der Waals surface area contributed by atoms with Gasteiger partial charge in [-0.2, -0.15) is 0 Å². The molecule has 1 fully saturated rings. The van der Waals surface area contributed by atoms with Gasteiger partial charge in [0.15, 0.2) is 0 Å². The van der Waals surface area contributed by atoms with E-state index in [0.29, 0.717) is 0 Å². The number of piperazine rings is 1. The molecule has 3 aromatic rings. The Morgan fingerprint density at radius 2 is 1.79 bits per heavy atom. The minimum atomic E-state index is 0.751. The van der Waals surface area contributed by atoms with Crippen molar-refractivity contribution >= 4 is 22.2 Å². The van der Waals surface area contributed by atoms with Gasteiger partial charge >= 0.3 is 0 Å². The lowest BCUT2D eigenvalue weighted by atomic mass is 10.1. The maximum absolute atomic E-state index is 4.47. The van der Waals surface area contributed by atoms with E-state index in [1.54, 1.807) is 11.3 Å². The molecule has 0 amide bonds. The van der Waals surface area contributed by atoms with Crippen molar-refractivity contribution in [2.45, 2.75) is 27.3 Å². The van der Waals surface area contributed by atoms with Gasteiger partial charge in [0.1, 0.15) is 0 Å². The number of nitrogens with zero attached hydrogens (tertiary/aromatic N) is 5. The fraction of sp³-hybridized carbons (Fsp3) is 0.429. The Labute approximate surface area is 170 Å². The molecule has 0 saturated carbocycles. The van der Waals surface area contributed by atoms with Crippen molar-refractivity contribution in [1.29, 1.82) is 0 Å². The second-order valence-corrected chi connectivity index (χ2v) is 8.19. The van der Waals surface area contributed by atoms with E-state index in [4.69, 9.17) is 0 Å². The van der Waals surface area contributed by atoms with E-state index in [1.165, 1.54) is 22.5 Å². The van der Waals surface area contributed by atoms with Crippen LogP contribution in [0, 0.1) is 13.8 Å². The van der Waals surface area contributed by atoms with E-state index in [1.807, 2.05) is 0 Å². The number of hydrogen-bond donors (Lipinski definition) is 1. The molecule has 0 radical (unpaired) electrons. The number of likely N-dealkylation sites (N-methyl/N-ethyl adjacent to an activating group) is 1. The van der Waals surface area contributed by atoms with E-state index < -0.39 is 0 Å². The first-order valence-corrected chi connectivity index (χ1v) is 10.7. The molecule has 0 atom stereocenters. The smallest absolute Gasteiger partial charge is 0.218 e. The number of anilines is 2. The summed E-state index contributed by atoms with van der Waals surface area (Å²) in [5, 5.41) is 14.5. The van der Waals surface area contributed by atoms with Crippen LogP contribution in [0.25, 0.3) is 5.13 Å². The fourth-order valence-electron chi connectivity index (χ4n) is 3.56. The van der Waals surface area contributed by atoms with E-state index in [-0.39, 0.29) is 0 Å². The number of aryl methyl sites for hydroxylation is 1. The quantitative estimate of drug-likeness (QED) is 0.688. The van der Waals surface area contributed by atoms with Gasteiger partial charge in [-0.1, -0.05) is 30.4 Å². The van der Waals surface area contributed by atoms with Crippen LogP contribution in [0.4, 0.5) is 10.8 Å². The SMILES string of the molecule is CCN1CCN(c2nnc(-n3cccc3CNc3cccc(C)c3C)s2)CC1. The molecule has 2 aromatic heterocycles. The van der Waals surface area contributed by atoms with Crippen molar-refractivity contribution in [2.24, 2.45) is 0 Å². The standard InChI is InChI=1S/C21H28N6S/c1-4-25-11-13-26(14-12-25)20-23-24-21(28-20)27-10-6-8-18(27)15-22-19-9-5-7-16(2)17(19)3/h5-10,22H,4,11-15H2,1-3H3. The molecule has 148 valence electrons. The van der Waals surface area contributed by atoms with Gasteiger partial charge < -0.3 is 15.1 Å². The molecule has 1 aliphatic rings. The molecule has 0 spiro atoms. The monoisotopic (exact) mass is 396 g/mol. The third-order valence-corrected chi connectivity index (χ3v) is 6.58. The molecule has 1 saturated heterocycles. The van der Waals surface area contributed by atoms with Crippen molar-refractivity contribution < 1.29 is 0 Å². The molecule has 1 aromatic carbocycles. The van der Waals surface area contributed by atoms with E-state index >= 15 is 0 Å². The second-order valence-electron chi connectivity index (χ2n) is 7.26. The first-order valence-electron chi connectivity index (χ1n) is 9.93. The summed E-state index contributed by atoms with van der Waals surface area (Å²) in [7, 11) is 0. The number of nitrogens with one attached hydrogen (secondary N) is 1. The molecule has 0 unspecified atom stereocenters. The highest BCUT2D eigenvalue weighted by molar-refractivity contribution is 7.17. The maximum atomic E-state index is 4.47. The van der Waals surface area contributed by atoms with Crippen LogP contribution in [0.5, 0.6) is 0 Å². The molecule has 28 heavy (non-hydrogen) atoms. The summed E-state index contributed by atoms with van der Waals surface area (Å²) in [5.74, 6) is 0. The summed E-state index contributed by atoms with van der Waals surface area (Å²) < 4.78 is 2.14. The third-order valence-electron chi connectivity index (χ3n) is 5.60. The van der Waals surface area contributed by atoms with Crippen LogP contribution in [-0.4, -0.2) is 52.4 Å². The lowest BCUT2D eigenvalue weighted by molar-refractivity contribution is 0.271. The Balaban J connectivity index is 1.46. The number of aromatic nitrogens is 3. The van der Waals surface area contributed by atoms with Gasteiger partial charge in [0.2, 0.25) is 10.3 Å². The Morgan fingerprint density at radius 1 is 1.00 bits per heavy atom. The van der Waals surface area contributed by atoms with E-state index in [9.17, 15) is 0 Å². The molecule has 0 bridgehead atoms. The largest absolute Gasteiger partial charge is 0.379 e. The summed E-state index contributed by atoms with van der Waals surface area (Å²) >= 11 is 1.67. The molecule has 4 rings (SSSR count). The van der Waals surface area contributed by atoms with Gasteiger partial charge in [-0.15, -0.1) is 10.2 Å². The van der Waals surface area contributed by atoms with Gasteiger partial charge in [-0.3, -0.25) is 4.57 Å². The first-order chi connectivity index (χ1) is 13.7. The van der Waals surface area contributed by atoms with Crippen molar-refractivity contribution in [3.05, 3.63) is 53.3 Å². The summed E-state index contributed by atoms with van der Waals surface area (Å²) in [6.07, 6.45) is 2.07. The molecule has 7 heteroatoms. The number of benzene rings is 1. The zero-order valence-electron chi connectivity index (χ0n) is 16.9. The van der Waals surface area contributed by atoms with Gasteiger partial charge in [0, 0.05) is 43.8 Å². The van der Waals surface area contributed by atoms with Crippen molar-refractivity contribution in [3.8, 4) is 5.13 Å². The predicted octanol–water partition coefficient (Wildman–Crippen LogP) is 3.70. The average Bonchev–Trinajstić information content (AvgIpc) is 3.38. The Kier molecular flexibility index (Phi) is 5.64. The van der Waals surface area contributed by atoms with Crippen LogP contribution in [0.1, 0.15) is 23.7 Å². The molecule has 1 N–H and O–H groups in total. The molecule has 0 aliphatic carbocycles. The number of rotatable bonds is 6. The van der Waals surface area contributed by atoms with Crippen LogP contribution in [-0.2, 0) is 6.54 Å². The van der Waals surface area contributed by atoms with E-state index in [0.717, 1.165) is 49.5 Å². The maximum Gasteiger partial charge on any atom is 0.218 e. The highest BCUT2D eigenvalue weighted by atomic mass is 32.1. The lowest BCUT2D eigenvalue weighted by Crippen LogP contribution is -2.46. The molecule has 1 aliphatic heterocycles. The van der Waals surface area contributed by atoms with Gasteiger partial charge in [0.25, 0.3) is 0 Å². The Morgan fingerprint density at radius 3 is 2.57 bits per heavy atom. The summed E-state index contributed by atoms with van der Waals surface area (Å²) in [6, 6.07) is 10.6. The minimum absolute atomic E-state index is 0.751. The first kappa shape index (κ1) is 19.0. The molecular formula is C21H28N6S. The Hall–Kier alpha value is -2.38. The van der Waals surface area contributed by atoms with Crippen LogP contribution >= 0.6 is 11.3 Å². The van der Waals surface area contributed by atoms with Crippen LogP contribution in [0.15, 0.2) is 36.5 Å². The zero-order valence-corrected chi connectivity index (χ0v) is 17.7. The van der Waals surface area contributed by atoms with Crippen LogP contribution < -0.4 is 10.2 Å². The van der Waals surface area contributed by atoms with Crippen molar-refractivity contribution in [1.82, 2.24) is 19.7 Å². The minimum Gasteiger partial charge on any atom is -0.379 e. The number of hydrogen-bond acceptors (Lipinski definition) is 6. The highest BCUT2D eigenvalue weighted by Crippen LogP contribution is 2.26. The van der Waals surface area contributed by atoms with Crippen LogP contribution in [0.2, 0.25) is 0 Å². The third kappa shape index (κ3) is 3.91. The Bertz CT molecular complexity index is 923.